The molecule has 4 nitrogen and oxygen atoms in total. The third kappa shape index (κ3) is 4.10. The molecular weight excluding hydrogens is 296 g/mol. The van der Waals surface area contributed by atoms with E-state index in [4.69, 9.17) is 0 Å². The van der Waals surface area contributed by atoms with Gasteiger partial charge in [-0.2, -0.15) is 0 Å². The Hall–Kier alpha value is -2.88. The molecule has 2 N–H and O–H groups in total. The summed E-state index contributed by atoms with van der Waals surface area (Å²) in [7, 11) is 0. The summed E-state index contributed by atoms with van der Waals surface area (Å²) in [5, 5.41) is 6.78. The van der Waals surface area contributed by atoms with Crippen molar-refractivity contribution < 1.29 is 0 Å². The minimum Gasteiger partial charge on any atom is -0.366 e. The van der Waals surface area contributed by atoms with Crippen molar-refractivity contribution in [2.45, 2.75) is 26.4 Å². The van der Waals surface area contributed by atoms with Gasteiger partial charge in [0.15, 0.2) is 0 Å². The third-order valence-corrected chi connectivity index (χ3v) is 4.05. The van der Waals surface area contributed by atoms with E-state index >= 15 is 0 Å². The molecule has 0 aliphatic heterocycles. The first-order valence-electron chi connectivity index (χ1n) is 8.14. The molecule has 0 radical (unpaired) electrons. The molecule has 1 heterocycles. The maximum atomic E-state index is 4.32. The van der Waals surface area contributed by atoms with Crippen LogP contribution in [-0.4, -0.2) is 9.97 Å². The molecule has 2 aromatic carbocycles. The fourth-order valence-electron chi connectivity index (χ4n) is 2.57. The van der Waals surface area contributed by atoms with Crippen LogP contribution in [0.1, 0.15) is 29.7 Å². The minimum atomic E-state index is 0.185. The van der Waals surface area contributed by atoms with Crippen LogP contribution in [0, 0.1) is 6.92 Å². The molecule has 0 saturated heterocycles. The van der Waals surface area contributed by atoms with Crippen LogP contribution in [0.5, 0.6) is 0 Å². The van der Waals surface area contributed by atoms with Gasteiger partial charge in [-0.25, -0.2) is 9.97 Å². The van der Waals surface area contributed by atoms with Gasteiger partial charge in [0.25, 0.3) is 0 Å². The van der Waals surface area contributed by atoms with Gasteiger partial charge in [-0.3, -0.25) is 0 Å². The Kier molecular flexibility index (Phi) is 5.06. The lowest BCUT2D eigenvalue weighted by atomic mass is 10.1. The van der Waals surface area contributed by atoms with Crippen LogP contribution in [0.25, 0.3) is 0 Å². The summed E-state index contributed by atoms with van der Waals surface area (Å²) in [5.74, 6) is 1.63. The van der Waals surface area contributed by atoms with E-state index in [1.807, 2.05) is 24.3 Å². The predicted octanol–water partition coefficient (Wildman–Crippen LogP) is 4.57. The Bertz CT molecular complexity index is 786. The van der Waals surface area contributed by atoms with Gasteiger partial charge in [0.05, 0.1) is 0 Å². The normalized spacial score (nSPS) is 11.8. The largest absolute Gasteiger partial charge is 0.366 e. The number of anilines is 2. The van der Waals surface area contributed by atoms with Crippen molar-refractivity contribution in [3.63, 3.8) is 0 Å². The number of aromatic nitrogens is 2. The molecule has 0 saturated carbocycles. The van der Waals surface area contributed by atoms with E-state index in [-0.39, 0.29) is 6.04 Å². The van der Waals surface area contributed by atoms with Crippen molar-refractivity contribution in [1.82, 2.24) is 9.97 Å². The van der Waals surface area contributed by atoms with Crippen LogP contribution in [0.4, 0.5) is 11.6 Å². The van der Waals surface area contributed by atoms with E-state index in [0.29, 0.717) is 0 Å². The number of hydrogen-bond acceptors (Lipinski definition) is 4. The average molecular weight is 318 g/mol. The van der Waals surface area contributed by atoms with Crippen molar-refractivity contribution in [2.24, 2.45) is 0 Å². The first-order valence-corrected chi connectivity index (χ1v) is 8.14. The summed E-state index contributed by atoms with van der Waals surface area (Å²) in [5.41, 5.74) is 3.77. The summed E-state index contributed by atoms with van der Waals surface area (Å²) in [6.07, 6.45) is 1.58. The minimum absolute atomic E-state index is 0.185. The van der Waals surface area contributed by atoms with E-state index in [2.05, 4.69) is 70.8 Å². The fraction of sp³-hybridized carbons (Fsp3) is 0.200. The standard InChI is InChI=1S/C20H22N4/c1-15-8-6-7-11-18(15)13-21-19-12-20(23-14-22-19)24-16(2)17-9-4-3-5-10-17/h3-12,14,16H,13H2,1-2H3,(H2,21,22,23,24). The summed E-state index contributed by atoms with van der Waals surface area (Å²) in [4.78, 5) is 8.62. The topological polar surface area (TPSA) is 49.8 Å². The highest BCUT2D eigenvalue weighted by molar-refractivity contribution is 5.48. The number of hydrogen-bond donors (Lipinski definition) is 2. The zero-order chi connectivity index (χ0) is 16.8. The number of benzene rings is 2. The number of nitrogens with zero attached hydrogens (tertiary/aromatic N) is 2. The van der Waals surface area contributed by atoms with Crippen molar-refractivity contribution >= 4 is 11.6 Å². The van der Waals surface area contributed by atoms with Crippen LogP contribution in [0.15, 0.2) is 67.0 Å². The molecule has 0 aliphatic carbocycles. The molecule has 0 bridgehead atoms. The highest BCUT2D eigenvalue weighted by Gasteiger charge is 2.06. The molecule has 0 spiro atoms. The van der Waals surface area contributed by atoms with E-state index in [1.165, 1.54) is 16.7 Å². The molecule has 122 valence electrons. The van der Waals surface area contributed by atoms with Crippen LogP contribution in [-0.2, 0) is 6.54 Å². The molecule has 0 fully saturated rings. The van der Waals surface area contributed by atoms with Crippen LogP contribution in [0.3, 0.4) is 0 Å². The van der Waals surface area contributed by atoms with Crippen molar-refractivity contribution in [2.75, 3.05) is 10.6 Å². The van der Waals surface area contributed by atoms with E-state index in [0.717, 1.165) is 18.2 Å². The molecule has 3 rings (SSSR count). The lowest BCUT2D eigenvalue weighted by Crippen LogP contribution is -2.09. The van der Waals surface area contributed by atoms with Gasteiger partial charge < -0.3 is 10.6 Å². The fourth-order valence-corrected chi connectivity index (χ4v) is 2.57. The van der Waals surface area contributed by atoms with E-state index < -0.39 is 0 Å². The van der Waals surface area contributed by atoms with Gasteiger partial charge in [0.2, 0.25) is 0 Å². The molecule has 0 amide bonds. The maximum absolute atomic E-state index is 4.32. The summed E-state index contributed by atoms with van der Waals surface area (Å²) in [6, 6.07) is 20.8. The van der Waals surface area contributed by atoms with Crippen molar-refractivity contribution in [3.8, 4) is 0 Å². The average Bonchev–Trinajstić information content (AvgIpc) is 2.62. The quantitative estimate of drug-likeness (QED) is 0.699. The predicted molar refractivity (Wildman–Crippen MR) is 99.0 cm³/mol. The Morgan fingerprint density at radius 3 is 2.42 bits per heavy atom. The Labute approximate surface area is 143 Å². The van der Waals surface area contributed by atoms with Gasteiger partial charge in [-0.1, -0.05) is 54.6 Å². The summed E-state index contributed by atoms with van der Waals surface area (Å²) < 4.78 is 0. The SMILES string of the molecule is Cc1ccccc1CNc1cc(NC(C)c2ccccc2)ncn1. The van der Waals surface area contributed by atoms with Crippen molar-refractivity contribution in [1.29, 1.82) is 0 Å². The monoisotopic (exact) mass is 318 g/mol. The van der Waals surface area contributed by atoms with E-state index in [1.54, 1.807) is 6.33 Å². The van der Waals surface area contributed by atoms with Crippen LogP contribution in [0.2, 0.25) is 0 Å². The molecule has 4 heteroatoms. The first-order chi connectivity index (χ1) is 11.7. The molecule has 1 atom stereocenters. The van der Waals surface area contributed by atoms with Gasteiger partial charge >= 0.3 is 0 Å². The van der Waals surface area contributed by atoms with Gasteiger partial charge in [-0.05, 0) is 30.5 Å². The highest BCUT2D eigenvalue weighted by Crippen LogP contribution is 2.19. The van der Waals surface area contributed by atoms with Gasteiger partial charge in [0, 0.05) is 18.7 Å². The zero-order valence-electron chi connectivity index (χ0n) is 14.0. The second kappa shape index (κ2) is 7.59. The lowest BCUT2D eigenvalue weighted by Gasteiger charge is -2.15. The second-order valence-corrected chi connectivity index (χ2v) is 5.85. The molecule has 24 heavy (non-hydrogen) atoms. The maximum Gasteiger partial charge on any atom is 0.131 e. The van der Waals surface area contributed by atoms with Crippen LogP contribution < -0.4 is 10.6 Å². The molecule has 3 aromatic rings. The van der Waals surface area contributed by atoms with Crippen LogP contribution >= 0.6 is 0 Å². The summed E-state index contributed by atoms with van der Waals surface area (Å²) in [6.45, 7) is 4.99. The Morgan fingerprint density at radius 2 is 1.62 bits per heavy atom. The number of aryl methyl sites for hydroxylation is 1. The molecule has 1 unspecified atom stereocenters. The zero-order valence-corrected chi connectivity index (χ0v) is 14.0. The Morgan fingerprint density at radius 1 is 0.917 bits per heavy atom. The molecule has 0 aliphatic rings. The first kappa shape index (κ1) is 16.0. The molecule has 1 aromatic heterocycles. The third-order valence-electron chi connectivity index (χ3n) is 4.05. The second-order valence-electron chi connectivity index (χ2n) is 5.85. The smallest absolute Gasteiger partial charge is 0.131 e. The highest BCUT2D eigenvalue weighted by atomic mass is 15.1. The molecular formula is C20H22N4. The Balaban J connectivity index is 1.65. The number of rotatable bonds is 6. The van der Waals surface area contributed by atoms with E-state index in [9.17, 15) is 0 Å². The number of nitrogens with one attached hydrogen (secondary N) is 2. The van der Waals surface area contributed by atoms with Gasteiger partial charge in [-0.15, -0.1) is 0 Å². The van der Waals surface area contributed by atoms with Gasteiger partial charge in [0.1, 0.15) is 18.0 Å². The lowest BCUT2D eigenvalue weighted by molar-refractivity contribution is 0.871. The summed E-state index contributed by atoms with van der Waals surface area (Å²) >= 11 is 0. The van der Waals surface area contributed by atoms with Crippen molar-refractivity contribution in [3.05, 3.63) is 83.7 Å².